The normalized spacial score (nSPS) is 12.5. The molecule has 0 heterocycles. The fourth-order valence-corrected chi connectivity index (χ4v) is 1.51. The minimum atomic E-state index is -0.102. The smallest absolute Gasteiger partial charge is 0.307 e. The lowest BCUT2D eigenvalue weighted by Gasteiger charge is -2.15. The van der Waals surface area contributed by atoms with E-state index in [4.69, 9.17) is 4.74 Å². The minimum absolute atomic E-state index is 0.102. The molecule has 0 spiro atoms. The van der Waals surface area contributed by atoms with Crippen molar-refractivity contribution < 1.29 is 9.53 Å². The van der Waals surface area contributed by atoms with Gasteiger partial charge in [-0.25, -0.2) is 0 Å². The Morgan fingerprint density at radius 3 is 2.60 bits per heavy atom. The van der Waals surface area contributed by atoms with E-state index in [0.29, 0.717) is 19.1 Å². The fourth-order valence-electron chi connectivity index (χ4n) is 1.51. The lowest BCUT2D eigenvalue weighted by atomic mass is 10.1. The number of hydrogen-bond acceptors (Lipinski definition) is 3. The van der Waals surface area contributed by atoms with Gasteiger partial charge in [-0.2, -0.15) is 0 Å². The predicted octanol–water partition coefficient (Wildman–Crippen LogP) is 2.50. The van der Waals surface area contributed by atoms with Crippen LogP contribution >= 0.6 is 0 Å². The van der Waals surface area contributed by atoms with Gasteiger partial charge in [0.25, 0.3) is 0 Å². The average Bonchev–Trinajstić information content (AvgIpc) is 2.23. The Kier molecular flexibility index (Phi) is 9.59. The zero-order chi connectivity index (χ0) is 11.5. The molecule has 1 unspecified atom stereocenters. The maximum atomic E-state index is 11.1. The Bertz CT molecular complexity index is 160. The van der Waals surface area contributed by atoms with Crippen LogP contribution in [-0.4, -0.2) is 25.2 Å². The number of carbonyl (C=O) groups is 1. The van der Waals surface area contributed by atoms with E-state index in [0.717, 1.165) is 13.0 Å². The molecule has 1 atom stereocenters. The molecule has 0 aromatic heterocycles. The molecule has 15 heavy (non-hydrogen) atoms. The fraction of sp³-hybridized carbons (Fsp3) is 0.917. The SMILES string of the molecule is CCCCC(CC)NCCC(=O)OCC. The van der Waals surface area contributed by atoms with Gasteiger partial charge in [0.2, 0.25) is 0 Å². The highest BCUT2D eigenvalue weighted by Gasteiger charge is 2.06. The van der Waals surface area contributed by atoms with E-state index in [1.54, 1.807) is 0 Å². The van der Waals surface area contributed by atoms with Crippen LogP contribution in [0.4, 0.5) is 0 Å². The van der Waals surface area contributed by atoms with E-state index in [-0.39, 0.29) is 5.97 Å². The van der Waals surface area contributed by atoms with Gasteiger partial charge in [-0.3, -0.25) is 4.79 Å². The van der Waals surface area contributed by atoms with Crippen molar-refractivity contribution in [3.05, 3.63) is 0 Å². The number of hydrogen-bond donors (Lipinski definition) is 1. The van der Waals surface area contributed by atoms with Gasteiger partial charge < -0.3 is 10.1 Å². The summed E-state index contributed by atoms with van der Waals surface area (Å²) in [7, 11) is 0. The van der Waals surface area contributed by atoms with Crippen molar-refractivity contribution in [2.45, 2.75) is 58.9 Å². The van der Waals surface area contributed by atoms with Crippen LogP contribution in [-0.2, 0) is 9.53 Å². The molecule has 3 heteroatoms. The Labute approximate surface area is 93.6 Å². The summed E-state index contributed by atoms with van der Waals surface area (Å²) in [6.07, 6.45) is 5.30. The first-order valence-corrected chi connectivity index (χ1v) is 6.13. The zero-order valence-corrected chi connectivity index (χ0v) is 10.3. The maximum Gasteiger partial charge on any atom is 0.307 e. The van der Waals surface area contributed by atoms with Crippen LogP contribution in [0.1, 0.15) is 52.9 Å². The molecule has 0 aliphatic carbocycles. The molecule has 0 saturated heterocycles. The van der Waals surface area contributed by atoms with E-state index < -0.39 is 0 Å². The van der Waals surface area contributed by atoms with Crippen LogP contribution in [0.5, 0.6) is 0 Å². The number of esters is 1. The second kappa shape index (κ2) is 9.97. The standard InChI is InChI=1S/C12H25NO2/c1-4-7-8-11(5-2)13-10-9-12(14)15-6-3/h11,13H,4-10H2,1-3H3. The summed E-state index contributed by atoms with van der Waals surface area (Å²) >= 11 is 0. The molecule has 0 bridgehead atoms. The first-order chi connectivity index (χ1) is 7.24. The molecule has 0 fully saturated rings. The van der Waals surface area contributed by atoms with Crippen LogP contribution in [0.2, 0.25) is 0 Å². The Morgan fingerprint density at radius 1 is 1.33 bits per heavy atom. The molecule has 0 rings (SSSR count). The summed E-state index contributed by atoms with van der Waals surface area (Å²) in [6, 6.07) is 0.555. The molecule has 0 aliphatic heterocycles. The summed E-state index contributed by atoms with van der Waals surface area (Å²) < 4.78 is 4.86. The van der Waals surface area contributed by atoms with Crippen LogP contribution in [0, 0.1) is 0 Å². The van der Waals surface area contributed by atoms with Gasteiger partial charge in [-0.05, 0) is 19.8 Å². The first-order valence-electron chi connectivity index (χ1n) is 6.13. The minimum Gasteiger partial charge on any atom is -0.466 e. The third-order valence-corrected chi connectivity index (χ3v) is 2.47. The number of nitrogens with one attached hydrogen (secondary N) is 1. The van der Waals surface area contributed by atoms with Crippen molar-refractivity contribution in [3.8, 4) is 0 Å². The van der Waals surface area contributed by atoms with Crippen LogP contribution < -0.4 is 5.32 Å². The van der Waals surface area contributed by atoms with Gasteiger partial charge in [0.05, 0.1) is 13.0 Å². The van der Waals surface area contributed by atoms with Gasteiger partial charge in [0.1, 0.15) is 0 Å². The summed E-state index contributed by atoms with van der Waals surface area (Å²) in [5, 5.41) is 3.39. The predicted molar refractivity (Wildman–Crippen MR) is 62.9 cm³/mol. The highest BCUT2D eigenvalue weighted by atomic mass is 16.5. The number of unbranched alkanes of at least 4 members (excludes halogenated alkanes) is 1. The molecule has 0 amide bonds. The van der Waals surface area contributed by atoms with Gasteiger partial charge in [0, 0.05) is 12.6 Å². The summed E-state index contributed by atoms with van der Waals surface area (Å²) in [4.78, 5) is 11.1. The molecule has 0 aromatic rings. The van der Waals surface area contributed by atoms with Crippen molar-refractivity contribution in [1.82, 2.24) is 5.32 Å². The highest BCUT2D eigenvalue weighted by Crippen LogP contribution is 2.03. The van der Waals surface area contributed by atoms with Gasteiger partial charge in [-0.1, -0.05) is 26.7 Å². The van der Waals surface area contributed by atoms with Crippen molar-refractivity contribution >= 4 is 5.97 Å². The number of carbonyl (C=O) groups excluding carboxylic acids is 1. The topological polar surface area (TPSA) is 38.3 Å². The molecular weight excluding hydrogens is 190 g/mol. The van der Waals surface area contributed by atoms with Crippen molar-refractivity contribution in [3.63, 3.8) is 0 Å². The molecule has 0 aliphatic rings. The number of ether oxygens (including phenoxy) is 1. The highest BCUT2D eigenvalue weighted by molar-refractivity contribution is 5.69. The summed E-state index contributed by atoms with van der Waals surface area (Å²) in [5.74, 6) is -0.102. The Hall–Kier alpha value is -0.570. The van der Waals surface area contributed by atoms with Gasteiger partial charge >= 0.3 is 5.97 Å². The van der Waals surface area contributed by atoms with Crippen LogP contribution in [0.3, 0.4) is 0 Å². The largest absolute Gasteiger partial charge is 0.466 e. The van der Waals surface area contributed by atoms with E-state index in [1.807, 2.05) is 6.92 Å². The first kappa shape index (κ1) is 14.4. The third-order valence-electron chi connectivity index (χ3n) is 2.47. The molecule has 0 radical (unpaired) electrons. The molecule has 1 N–H and O–H groups in total. The van der Waals surface area contributed by atoms with E-state index in [1.165, 1.54) is 19.3 Å². The molecular formula is C12H25NO2. The Balaban J connectivity index is 3.49. The van der Waals surface area contributed by atoms with E-state index in [9.17, 15) is 4.79 Å². The molecule has 0 saturated carbocycles. The van der Waals surface area contributed by atoms with Crippen molar-refractivity contribution in [2.75, 3.05) is 13.2 Å². The Morgan fingerprint density at radius 2 is 2.07 bits per heavy atom. The quantitative estimate of drug-likeness (QED) is 0.601. The second-order valence-corrected chi connectivity index (χ2v) is 3.76. The van der Waals surface area contributed by atoms with Crippen molar-refractivity contribution in [1.29, 1.82) is 0 Å². The van der Waals surface area contributed by atoms with Gasteiger partial charge in [-0.15, -0.1) is 0 Å². The van der Waals surface area contributed by atoms with E-state index >= 15 is 0 Å². The van der Waals surface area contributed by atoms with Crippen molar-refractivity contribution in [2.24, 2.45) is 0 Å². The summed E-state index contributed by atoms with van der Waals surface area (Å²) in [6.45, 7) is 7.43. The second-order valence-electron chi connectivity index (χ2n) is 3.76. The maximum absolute atomic E-state index is 11.1. The lowest BCUT2D eigenvalue weighted by molar-refractivity contribution is -0.143. The summed E-state index contributed by atoms with van der Waals surface area (Å²) in [5.41, 5.74) is 0. The van der Waals surface area contributed by atoms with Crippen LogP contribution in [0.25, 0.3) is 0 Å². The zero-order valence-electron chi connectivity index (χ0n) is 10.3. The molecule has 0 aromatic carbocycles. The lowest BCUT2D eigenvalue weighted by Crippen LogP contribution is -2.30. The van der Waals surface area contributed by atoms with E-state index in [2.05, 4.69) is 19.2 Å². The molecule has 3 nitrogen and oxygen atoms in total. The number of rotatable bonds is 9. The van der Waals surface area contributed by atoms with Crippen LogP contribution in [0.15, 0.2) is 0 Å². The third kappa shape index (κ3) is 8.43. The molecule has 90 valence electrons. The van der Waals surface area contributed by atoms with Gasteiger partial charge in [0.15, 0.2) is 0 Å². The average molecular weight is 215 g/mol. The monoisotopic (exact) mass is 215 g/mol.